The molecule has 1 aliphatic heterocycles. The summed E-state index contributed by atoms with van der Waals surface area (Å²) in [5.74, 6) is 0.242. The molecule has 1 saturated heterocycles. The van der Waals surface area contributed by atoms with Crippen LogP contribution in [0.15, 0.2) is 18.2 Å². The zero-order chi connectivity index (χ0) is 15.3. The summed E-state index contributed by atoms with van der Waals surface area (Å²) < 4.78 is 10.2. The molecular weight excluding hydrogens is 276 g/mol. The molecule has 0 spiro atoms. The van der Waals surface area contributed by atoms with Gasteiger partial charge in [-0.25, -0.2) is 0 Å². The Labute approximate surface area is 123 Å². The van der Waals surface area contributed by atoms with Gasteiger partial charge in [-0.1, -0.05) is 6.07 Å². The van der Waals surface area contributed by atoms with Gasteiger partial charge in [-0.05, 0) is 11.6 Å². The zero-order valence-corrected chi connectivity index (χ0v) is 12.0. The van der Waals surface area contributed by atoms with Crippen molar-refractivity contribution in [3.63, 3.8) is 0 Å². The fraction of sp³-hybridized carbons (Fsp3) is 0.571. The van der Waals surface area contributed by atoms with Crippen molar-refractivity contribution in [3.8, 4) is 5.75 Å². The minimum atomic E-state index is -0.753. The van der Waals surface area contributed by atoms with Gasteiger partial charge >= 0.3 is 5.69 Å². The van der Waals surface area contributed by atoms with Gasteiger partial charge < -0.3 is 19.9 Å². The Morgan fingerprint density at radius 1 is 1.48 bits per heavy atom. The molecule has 0 saturated carbocycles. The lowest BCUT2D eigenvalue weighted by atomic mass is 9.94. The number of nitro benzene ring substituents is 1. The Morgan fingerprint density at radius 2 is 2.19 bits per heavy atom. The molecule has 1 aliphatic rings. The van der Waals surface area contributed by atoms with Crippen molar-refractivity contribution in [2.24, 2.45) is 0 Å². The number of hydrogen-bond acceptors (Lipinski definition) is 6. The molecule has 0 aromatic heterocycles. The SMILES string of the molecule is COc1ccc(CNCC2(O)CCOCC2)cc1[N+](=O)[O-]. The van der Waals surface area contributed by atoms with Gasteiger partial charge in [0, 0.05) is 45.2 Å². The maximum atomic E-state index is 11.0. The largest absolute Gasteiger partial charge is 0.490 e. The van der Waals surface area contributed by atoms with Crippen molar-refractivity contribution in [2.45, 2.75) is 25.0 Å². The van der Waals surface area contributed by atoms with Crippen LogP contribution in [0.25, 0.3) is 0 Å². The van der Waals surface area contributed by atoms with E-state index in [4.69, 9.17) is 9.47 Å². The van der Waals surface area contributed by atoms with E-state index in [9.17, 15) is 15.2 Å². The average molecular weight is 296 g/mol. The monoisotopic (exact) mass is 296 g/mol. The van der Waals surface area contributed by atoms with Gasteiger partial charge in [0.15, 0.2) is 5.75 Å². The lowest BCUT2D eigenvalue weighted by Gasteiger charge is -2.32. The Morgan fingerprint density at radius 3 is 2.81 bits per heavy atom. The molecule has 0 amide bonds. The van der Waals surface area contributed by atoms with Crippen molar-refractivity contribution in [1.82, 2.24) is 5.32 Å². The number of nitro groups is 1. The fourth-order valence-electron chi connectivity index (χ4n) is 2.36. The van der Waals surface area contributed by atoms with Crippen LogP contribution in [-0.2, 0) is 11.3 Å². The first-order valence-electron chi connectivity index (χ1n) is 6.86. The molecule has 1 aromatic rings. The molecule has 116 valence electrons. The van der Waals surface area contributed by atoms with Crippen molar-refractivity contribution in [1.29, 1.82) is 0 Å². The first kappa shape index (κ1) is 15.7. The molecule has 21 heavy (non-hydrogen) atoms. The molecule has 2 N–H and O–H groups in total. The molecular formula is C14H20N2O5. The molecule has 1 fully saturated rings. The van der Waals surface area contributed by atoms with Gasteiger partial charge in [-0.15, -0.1) is 0 Å². The average Bonchev–Trinajstić information content (AvgIpc) is 2.47. The predicted molar refractivity (Wildman–Crippen MR) is 76.4 cm³/mol. The van der Waals surface area contributed by atoms with Gasteiger partial charge in [0.25, 0.3) is 0 Å². The van der Waals surface area contributed by atoms with Crippen LogP contribution in [0.3, 0.4) is 0 Å². The third-order valence-electron chi connectivity index (χ3n) is 3.65. The number of nitrogens with one attached hydrogen (secondary N) is 1. The molecule has 0 aliphatic carbocycles. The topological polar surface area (TPSA) is 93.9 Å². The van der Waals surface area contributed by atoms with E-state index in [0.29, 0.717) is 39.1 Å². The van der Waals surface area contributed by atoms with Crippen molar-refractivity contribution >= 4 is 5.69 Å². The Hall–Kier alpha value is -1.70. The Bertz CT molecular complexity index is 500. The zero-order valence-electron chi connectivity index (χ0n) is 12.0. The van der Waals surface area contributed by atoms with E-state index in [1.165, 1.54) is 13.2 Å². The molecule has 0 unspecified atom stereocenters. The Balaban J connectivity index is 1.94. The molecule has 0 radical (unpaired) electrons. The Kier molecular flexibility index (Phi) is 5.11. The molecule has 1 heterocycles. The lowest BCUT2D eigenvalue weighted by Crippen LogP contribution is -2.44. The van der Waals surface area contributed by atoms with E-state index in [0.717, 1.165) is 5.56 Å². The molecule has 2 rings (SSSR count). The van der Waals surface area contributed by atoms with Gasteiger partial charge in [0.05, 0.1) is 17.6 Å². The highest BCUT2D eigenvalue weighted by atomic mass is 16.6. The van der Waals surface area contributed by atoms with Crippen LogP contribution < -0.4 is 10.1 Å². The highest BCUT2D eigenvalue weighted by Gasteiger charge is 2.29. The molecule has 7 nitrogen and oxygen atoms in total. The van der Waals surface area contributed by atoms with Crippen LogP contribution in [0.1, 0.15) is 18.4 Å². The van der Waals surface area contributed by atoms with E-state index in [2.05, 4.69) is 5.32 Å². The highest BCUT2D eigenvalue weighted by molar-refractivity contribution is 5.48. The maximum absolute atomic E-state index is 11.0. The van der Waals surface area contributed by atoms with Gasteiger partial charge in [0.2, 0.25) is 0 Å². The summed E-state index contributed by atoms with van der Waals surface area (Å²) in [6, 6.07) is 4.84. The summed E-state index contributed by atoms with van der Waals surface area (Å²) in [5.41, 5.74) is -0.0313. The number of ether oxygens (including phenoxy) is 2. The summed E-state index contributed by atoms with van der Waals surface area (Å²) >= 11 is 0. The van der Waals surface area contributed by atoms with Crippen LogP contribution in [0.4, 0.5) is 5.69 Å². The van der Waals surface area contributed by atoms with Crippen LogP contribution in [0.5, 0.6) is 5.75 Å². The number of aliphatic hydroxyl groups is 1. The van der Waals surface area contributed by atoms with E-state index in [1.807, 2.05) is 0 Å². The van der Waals surface area contributed by atoms with E-state index < -0.39 is 10.5 Å². The second kappa shape index (κ2) is 6.84. The molecule has 7 heteroatoms. The van der Waals surface area contributed by atoms with Crippen LogP contribution in [0.2, 0.25) is 0 Å². The number of methoxy groups -OCH3 is 1. The summed E-state index contributed by atoms with van der Waals surface area (Å²) in [5, 5.41) is 24.4. The standard InChI is InChI=1S/C14H20N2O5/c1-20-13-3-2-11(8-12(13)16(18)19)9-15-10-14(17)4-6-21-7-5-14/h2-3,8,15,17H,4-7,9-10H2,1H3. The van der Waals surface area contributed by atoms with E-state index in [1.54, 1.807) is 12.1 Å². The third kappa shape index (κ3) is 4.13. The third-order valence-corrected chi connectivity index (χ3v) is 3.65. The van der Waals surface area contributed by atoms with Gasteiger partial charge in [-0.3, -0.25) is 10.1 Å². The lowest BCUT2D eigenvalue weighted by molar-refractivity contribution is -0.385. The molecule has 0 bridgehead atoms. The minimum absolute atomic E-state index is 0.0541. The van der Waals surface area contributed by atoms with Crippen LogP contribution in [0, 0.1) is 10.1 Å². The second-order valence-corrected chi connectivity index (χ2v) is 5.20. The number of nitrogens with zero attached hydrogens (tertiary/aromatic N) is 1. The molecule has 0 atom stereocenters. The summed E-state index contributed by atoms with van der Waals surface area (Å²) in [6.07, 6.45) is 1.20. The first-order valence-corrected chi connectivity index (χ1v) is 6.86. The van der Waals surface area contributed by atoms with Crippen LogP contribution >= 0.6 is 0 Å². The predicted octanol–water partition coefficient (Wildman–Crippen LogP) is 1.23. The van der Waals surface area contributed by atoms with Gasteiger partial charge in [0.1, 0.15) is 0 Å². The van der Waals surface area contributed by atoms with E-state index in [-0.39, 0.29) is 11.4 Å². The molecule has 1 aromatic carbocycles. The second-order valence-electron chi connectivity index (χ2n) is 5.20. The minimum Gasteiger partial charge on any atom is -0.490 e. The fourth-order valence-corrected chi connectivity index (χ4v) is 2.36. The van der Waals surface area contributed by atoms with Gasteiger partial charge in [-0.2, -0.15) is 0 Å². The summed E-state index contributed by atoms with van der Waals surface area (Å²) in [7, 11) is 1.40. The first-order chi connectivity index (χ1) is 10.0. The van der Waals surface area contributed by atoms with E-state index >= 15 is 0 Å². The normalized spacial score (nSPS) is 17.4. The number of hydrogen-bond donors (Lipinski definition) is 2. The van der Waals surface area contributed by atoms with Crippen molar-refractivity contribution in [3.05, 3.63) is 33.9 Å². The maximum Gasteiger partial charge on any atom is 0.311 e. The van der Waals surface area contributed by atoms with Crippen molar-refractivity contribution < 1.29 is 19.5 Å². The quantitative estimate of drug-likeness (QED) is 0.606. The van der Waals surface area contributed by atoms with Crippen LogP contribution in [-0.4, -0.2) is 42.5 Å². The summed E-state index contributed by atoms with van der Waals surface area (Å²) in [4.78, 5) is 10.5. The smallest absolute Gasteiger partial charge is 0.311 e. The summed E-state index contributed by atoms with van der Waals surface area (Å²) in [6.45, 7) is 2.02. The van der Waals surface area contributed by atoms with Crippen molar-refractivity contribution in [2.75, 3.05) is 26.9 Å². The number of benzene rings is 1. The highest BCUT2D eigenvalue weighted by Crippen LogP contribution is 2.27. The number of rotatable bonds is 6.